The van der Waals surface area contributed by atoms with Gasteiger partial charge in [0, 0.05) is 11.8 Å². The highest BCUT2D eigenvalue weighted by Gasteiger charge is 2.12. The summed E-state index contributed by atoms with van der Waals surface area (Å²) in [4.78, 5) is 11.9. The highest BCUT2D eigenvalue weighted by atomic mass is 19.2. The monoisotopic (exact) mass is 319 g/mol. The summed E-state index contributed by atoms with van der Waals surface area (Å²) < 4.78 is 31.5. The highest BCUT2D eigenvalue weighted by Crippen LogP contribution is 2.28. The van der Waals surface area contributed by atoms with Crippen LogP contribution in [0.25, 0.3) is 0 Å². The lowest BCUT2D eigenvalue weighted by Crippen LogP contribution is -2.20. The molecular formula is C18H19F2NO2. The second kappa shape index (κ2) is 7.72. The van der Waals surface area contributed by atoms with E-state index in [-0.39, 0.29) is 12.3 Å². The van der Waals surface area contributed by atoms with E-state index < -0.39 is 17.5 Å². The van der Waals surface area contributed by atoms with E-state index in [0.29, 0.717) is 11.7 Å². The zero-order chi connectivity index (χ0) is 16.8. The molecule has 0 heterocycles. The van der Waals surface area contributed by atoms with Crippen molar-refractivity contribution in [1.82, 2.24) is 0 Å². The van der Waals surface area contributed by atoms with Gasteiger partial charge < -0.3 is 10.1 Å². The molecule has 2 rings (SSSR count). The van der Waals surface area contributed by atoms with Crippen molar-refractivity contribution in [2.75, 3.05) is 11.9 Å². The number of anilines is 1. The fraction of sp³-hybridized carbons (Fsp3) is 0.278. The summed E-state index contributed by atoms with van der Waals surface area (Å²) in [6, 6.07) is 10.7. The van der Waals surface area contributed by atoms with Gasteiger partial charge in [0.1, 0.15) is 5.75 Å². The molecule has 3 nitrogen and oxygen atoms in total. The largest absolute Gasteiger partial charge is 0.483 e. The second-order valence-corrected chi connectivity index (χ2v) is 5.31. The number of carbonyl (C=O) groups excluding carboxylic acids is 1. The van der Waals surface area contributed by atoms with Crippen LogP contribution in [0, 0.1) is 11.6 Å². The fourth-order valence-electron chi connectivity index (χ4n) is 2.15. The van der Waals surface area contributed by atoms with Crippen molar-refractivity contribution < 1.29 is 18.3 Å². The first kappa shape index (κ1) is 16.9. The van der Waals surface area contributed by atoms with Crippen LogP contribution in [0.15, 0.2) is 42.5 Å². The molecule has 122 valence electrons. The Kier molecular flexibility index (Phi) is 5.68. The molecule has 2 aromatic rings. The van der Waals surface area contributed by atoms with Gasteiger partial charge in [-0.3, -0.25) is 4.79 Å². The van der Waals surface area contributed by atoms with E-state index in [1.54, 1.807) is 0 Å². The second-order valence-electron chi connectivity index (χ2n) is 5.31. The van der Waals surface area contributed by atoms with E-state index >= 15 is 0 Å². The number of para-hydroxylation sites is 1. The van der Waals surface area contributed by atoms with Crippen molar-refractivity contribution in [2.45, 2.75) is 26.2 Å². The Morgan fingerprint density at radius 1 is 1.17 bits per heavy atom. The summed E-state index contributed by atoms with van der Waals surface area (Å²) in [5.74, 6) is -1.43. The summed E-state index contributed by atoms with van der Waals surface area (Å²) in [7, 11) is 0. The summed E-state index contributed by atoms with van der Waals surface area (Å²) in [5.41, 5.74) is 1.23. The predicted molar refractivity (Wildman–Crippen MR) is 85.6 cm³/mol. The van der Waals surface area contributed by atoms with Crippen molar-refractivity contribution in [2.24, 2.45) is 0 Å². The summed E-state index contributed by atoms with van der Waals surface area (Å²) >= 11 is 0. The number of amides is 1. The number of carbonyl (C=O) groups is 1. The van der Waals surface area contributed by atoms with Gasteiger partial charge in [0.25, 0.3) is 5.91 Å². The van der Waals surface area contributed by atoms with Gasteiger partial charge >= 0.3 is 0 Å². The van der Waals surface area contributed by atoms with Crippen LogP contribution in [0.1, 0.15) is 31.7 Å². The quantitative estimate of drug-likeness (QED) is 0.851. The number of nitrogens with one attached hydrogen (secondary N) is 1. The van der Waals surface area contributed by atoms with Gasteiger partial charge in [-0.05, 0) is 36.1 Å². The third-order valence-electron chi connectivity index (χ3n) is 3.62. The molecule has 23 heavy (non-hydrogen) atoms. The predicted octanol–water partition coefficient (Wildman–Crippen LogP) is 4.50. The Labute approximate surface area is 134 Å². The Morgan fingerprint density at radius 2 is 1.91 bits per heavy atom. The molecule has 0 bridgehead atoms. The van der Waals surface area contributed by atoms with E-state index in [1.165, 1.54) is 6.07 Å². The molecule has 0 aliphatic carbocycles. The van der Waals surface area contributed by atoms with Gasteiger partial charge in [-0.15, -0.1) is 0 Å². The fourth-order valence-corrected chi connectivity index (χ4v) is 2.15. The number of rotatable bonds is 6. The van der Waals surface area contributed by atoms with Crippen molar-refractivity contribution in [3.05, 3.63) is 59.7 Å². The molecule has 1 unspecified atom stereocenters. The molecule has 0 aromatic heterocycles. The molecule has 0 aliphatic rings. The number of hydrogen-bond donors (Lipinski definition) is 1. The van der Waals surface area contributed by atoms with Gasteiger partial charge in [-0.1, -0.05) is 32.0 Å². The zero-order valence-electron chi connectivity index (χ0n) is 13.1. The Balaban J connectivity index is 1.98. The Morgan fingerprint density at radius 3 is 2.61 bits per heavy atom. The molecule has 1 atom stereocenters. The van der Waals surface area contributed by atoms with E-state index in [2.05, 4.69) is 19.2 Å². The van der Waals surface area contributed by atoms with Crippen molar-refractivity contribution in [3.63, 3.8) is 0 Å². The van der Waals surface area contributed by atoms with Gasteiger partial charge in [0.2, 0.25) is 0 Å². The van der Waals surface area contributed by atoms with E-state index in [4.69, 9.17) is 4.74 Å². The average Bonchev–Trinajstić information content (AvgIpc) is 2.56. The SMILES string of the molecule is CCC(C)c1ccccc1OCC(=O)Nc1ccc(F)c(F)c1. The molecule has 0 spiro atoms. The van der Waals surface area contributed by atoms with Crippen LogP contribution < -0.4 is 10.1 Å². The summed E-state index contributed by atoms with van der Waals surface area (Å²) in [6.07, 6.45) is 0.960. The smallest absolute Gasteiger partial charge is 0.262 e. The van der Waals surface area contributed by atoms with E-state index in [1.807, 2.05) is 24.3 Å². The third kappa shape index (κ3) is 4.52. The molecule has 0 aliphatic heterocycles. The molecular weight excluding hydrogens is 300 g/mol. The molecule has 0 saturated carbocycles. The van der Waals surface area contributed by atoms with Crippen LogP contribution in [0.5, 0.6) is 5.75 Å². The average molecular weight is 319 g/mol. The number of halogens is 2. The summed E-state index contributed by atoms with van der Waals surface area (Å²) in [6.45, 7) is 3.97. The van der Waals surface area contributed by atoms with Crippen molar-refractivity contribution in [1.29, 1.82) is 0 Å². The first-order chi connectivity index (χ1) is 11.0. The maximum absolute atomic E-state index is 13.1. The topological polar surface area (TPSA) is 38.3 Å². The van der Waals surface area contributed by atoms with Gasteiger partial charge in [0.05, 0.1) is 0 Å². The Hall–Kier alpha value is -2.43. The van der Waals surface area contributed by atoms with Crippen LogP contribution in [-0.2, 0) is 4.79 Å². The van der Waals surface area contributed by atoms with Crippen molar-refractivity contribution in [3.8, 4) is 5.75 Å². The van der Waals surface area contributed by atoms with Crippen LogP contribution in [-0.4, -0.2) is 12.5 Å². The lowest BCUT2D eigenvalue weighted by molar-refractivity contribution is -0.118. The lowest BCUT2D eigenvalue weighted by Gasteiger charge is -2.15. The first-order valence-electron chi connectivity index (χ1n) is 7.48. The van der Waals surface area contributed by atoms with Gasteiger partial charge in [0.15, 0.2) is 18.2 Å². The minimum atomic E-state index is -1.01. The number of benzene rings is 2. The van der Waals surface area contributed by atoms with Crippen LogP contribution >= 0.6 is 0 Å². The molecule has 0 radical (unpaired) electrons. The molecule has 5 heteroatoms. The Bertz CT molecular complexity index is 688. The van der Waals surface area contributed by atoms with Gasteiger partial charge in [-0.25, -0.2) is 8.78 Å². The number of hydrogen-bond acceptors (Lipinski definition) is 2. The van der Waals surface area contributed by atoms with Crippen LogP contribution in [0.3, 0.4) is 0 Å². The zero-order valence-corrected chi connectivity index (χ0v) is 13.1. The minimum absolute atomic E-state index is 0.188. The molecule has 0 fully saturated rings. The molecule has 1 N–H and O–H groups in total. The third-order valence-corrected chi connectivity index (χ3v) is 3.62. The lowest BCUT2D eigenvalue weighted by atomic mass is 9.98. The highest BCUT2D eigenvalue weighted by molar-refractivity contribution is 5.91. The van der Waals surface area contributed by atoms with E-state index in [9.17, 15) is 13.6 Å². The van der Waals surface area contributed by atoms with E-state index in [0.717, 1.165) is 24.1 Å². The maximum atomic E-state index is 13.1. The maximum Gasteiger partial charge on any atom is 0.262 e. The molecule has 0 saturated heterocycles. The molecule has 1 amide bonds. The van der Waals surface area contributed by atoms with Crippen molar-refractivity contribution >= 4 is 11.6 Å². The molecule has 2 aromatic carbocycles. The standard InChI is InChI=1S/C18H19F2NO2/c1-3-12(2)14-6-4-5-7-17(14)23-11-18(22)21-13-8-9-15(19)16(20)10-13/h4-10,12H,3,11H2,1-2H3,(H,21,22). The number of ether oxygens (including phenoxy) is 1. The minimum Gasteiger partial charge on any atom is -0.483 e. The van der Waals surface area contributed by atoms with Crippen LogP contribution in [0.4, 0.5) is 14.5 Å². The van der Waals surface area contributed by atoms with Crippen LogP contribution in [0.2, 0.25) is 0 Å². The summed E-state index contributed by atoms with van der Waals surface area (Å²) in [5, 5.41) is 2.47. The van der Waals surface area contributed by atoms with Gasteiger partial charge in [-0.2, -0.15) is 0 Å². The first-order valence-corrected chi connectivity index (χ1v) is 7.48. The normalized spacial score (nSPS) is 11.8.